The molecule has 1 aliphatic rings. The summed E-state index contributed by atoms with van der Waals surface area (Å²) in [5, 5.41) is 4.11. The van der Waals surface area contributed by atoms with Crippen LogP contribution in [-0.2, 0) is 0 Å². The van der Waals surface area contributed by atoms with Crippen molar-refractivity contribution in [2.24, 2.45) is 10.1 Å². The largest absolute Gasteiger partial charge is 1.00 e. The van der Waals surface area contributed by atoms with Gasteiger partial charge < -0.3 is 12.4 Å². The number of amidine groups is 1. The molecular weight excluding hydrogens is 253 g/mol. The van der Waals surface area contributed by atoms with Gasteiger partial charge in [0.15, 0.2) is 0 Å². The summed E-state index contributed by atoms with van der Waals surface area (Å²) in [6, 6.07) is 6.22. The van der Waals surface area contributed by atoms with E-state index in [-0.39, 0.29) is 18.2 Å². The monoisotopic (exact) mass is 268 g/mol. The molecule has 0 aliphatic carbocycles. The number of benzene rings is 1. The summed E-state index contributed by atoms with van der Waals surface area (Å²) in [4.78, 5) is 4.40. The molecule has 0 fully saturated rings. The van der Waals surface area contributed by atoms with Crippen LogP contribution in [0.1, 0.15) is 31.2 Å². The Morgan fingerprint density at radius 2 is 1.94 bits per heavy atom. The molecule has 1 aromatic rings. The third-order valence-corrected chi connectivity index (χ3v) is 2.65. The Hall–Kier alpha value is -1.42. The highest BCUT2D eigenvalue weighted by Crippen LogP contribution is 2.06. The Morgan fingerprint density at radius 3 is 2.72 bits per heavy atom. The smallest absolute Gasteiger partial charge is 0.123 e. The van der Waals surface area contributed by atoms with Crippen LogP contribution in [0.3, 0.4) is 0 Å². The van der Waals surface area contributed by atoms with Gasteiger partial charge in [-0.3, -0.25) is 10.4 Å². The number of hydrogen-bond donors (Lipinski definition) is 1. The van der Waals surface area contributed by atoms with Crippen LogP contribution in [0.4, 0.5) is 4.39 Å². The Labute approximate surface area is 113 Å². The number of rotatable bonds is 2. The number of halogens is 2. The molecule has 0 aromatic heterocycles. The number of aliphatic imine (C=N–C) groups is 1. The first kappa shape index (κ1) is 14.6. The number of hydrogen-bond acceptors (Lipinski definition) is 3. The molecule has 2 rings (SSSR count). The topological polar surface area (TPSA) is 36.8 Å². The van der Waals surface area contributed by atoms with E-state index < -0.39 is 0 Å². The Morgan fingerprint density at radius 1 is 1.17 bits per heavy atom. The minimum absolute atomic E-state index is 0. The van der Waals surface area contributed by atoms with Crippen molar-refractivity contribution in [3.63, 3.8) is 0 Å². The quantitative estimate of drug-likeness (QED) is 0.582. The molecule has 18 heavy (non-hydrogen) atoms. The molecule has 0 saturated heterocycles. The lowest BCUT2D eigenvalue weighted by Crippen LogP contribution is -3.00. The highest BCUT2D eigenvalue weighted by Gasteiger charge is 2.01. The second kappa shape index (κ2) is 7.82. The van der Waals surface area contributed by atoms with Crippen molar-refractivity contribution < 1.29 is 16.8 Å². The first-order chi connectivity index (χ1) is 8.34. The predicted octanol–water partition coefficient (Wildman–Crippen LogP) is -0.274. The standard InChI is InChI=1S/C13H16FN3.ClH/c14-12-7-5-11(6-8-12)10-16-17-13-4-2-1-3-9-15-13;/h5-8,10H,1-4,9H2,(H,15,17);1H/p-1/b16-10+;. The van der Waals surface area contributed by atoms with Gasteiger partial charge in [0.2, 0.25) is 0 Å². The second-order valence-corrected chi connectivity index (χ2v) is 4.06. The van der Waals surface area contributed by atoms with Gasteiger partial charge in [0.05, 0.1) is 6.21 Å². The van der Waals surface area contributed by atoms with Crippen LogP contribution >= 0.6 is 0 Å². The van der Waals surface area contributed by atoms with E-state index >= 15 is 0 Å². The average molecular weight is 269 g/mol. The summed E-state index contributed by atoms with van der Waals surface area (Å²) in [6.07, 6.45) is 6.19. The third-order valence-electron chi connectivity index (χ3n) is 2.65. The van der Waals surface area contributed by atoms with Gasteiger partial charge in [0, 0.05) is 13.0 Å². The first-order valence-electron chi connectivity index (χ1n) is 5.92. The van der Waals surface area contributed by atoms with E-state index in [0.29, 0.717) is 0 Å². The van der Waals surface area contributed by atoms with Crippen LogP contribution in [0.15, 0.2) is 34.4 Å². The van der Waals surface area contributed by atoms with Gasteiger partial charge in [-0.05, 0) is 30.5 Å². The molecule has 98 valence electrons. The van der Waals surface area contributed by atoms with Crippen LogP contribution in [0.2, 0.25) is 0 Å². The molecule has 5 heteroatoms. The van der Waals surface area contributed by atoms with Gasteiger partial charge in [-0.2, -0.15) is 5.10 Å². The maximum Gasteiger partial charge on any atom is 0.123 e. The van der Waals surface area contributed by atoms with Crippen molar-refractivity contribution in [1.29, 1.82) is 0 Å². The molecule has 0 amide bonds. The van der Waals surface area contributed by atoms with Crippen LogP contribution in [0, 0.1) is 5.82 Å². The summed E-state index contributed by atoms with van der Waals surface area (Å²) in [6.45, 7) is 0.883. The van der Waals surface area contributed by atoms with Crippen molar-refractivity contribution in [1.82, 2.24) is 5.43 Å². The van der Waals surface area contributed by atoms with Gasteiger partial charge >= 0.3 is 0 Å². The SMILES string of the molecule is Fc1ccc(/C=N/NC2=NCCCCC2)cc1.[Cl-]. The zero-order chi connectivity index (χ0) is 11.9. The summed E-state index contributed by atoms with van der Waals surface area (Å²) in [7, 11) is 0. The molecule has 0 bridgehead atoms. The Balaban J connectivity index is 0.00000162. The van der Waals surface area contributed by atoms with E-state index in [1.807, 2.05) is 0 Å². The molecule has 0 spiro atoms. The van der Waals surface area contributed by atoms with Crippen molar-refractivity contribution in [2.45, 2.75) is 25.7 Å². The van der Waals surface area contributed by atoms with E-state index in [9.17, 15) is 4.39 Å². The minimum atomic E-state index is -0.233. The lowest BCUT2D eigenvalue weighted by Gasteiger charge is -2.01. The highest BCUT2D eigenvalue weighted by molar-refractivity contribution is 5.85. The van der Waals surface area contributed by atoms with Gasteiger partial charge in [0.25, 0.3) is 0 Å². The lowest BCUT2D eigenvalue weighted by atomic mass is 10.2. The summed E-state index contributed by atoms with van der Waals surface area (Å²) in [5.74, 6) is 0.712. The van der Waals surface area contributed by atoms with Gasteiger partial charge in [0.1, 0.15) is 11.7 Å². The van der Waals surface area contributed by atoms with Crippen molar-refractivity contribution in [2.75, 3.05) is 6.54 Å². The molecule has 1 N–H and O–H groups in total. The maximum atomic E-state index is 12.7. The molecule has 0 radical (unpaired) electrons. The van der Waals surface area contributed by atoms with E-state index in [1.165, 1.54) is 18.6 Å². The van der Waals surface area contributed by atoms with Gasteiger partial charge in [-0.1, -0.05) is 18.6 Å². The maximum absolute atomic E-state index is 12.7. The van der Waals surface area contributed by atoms with Crippen molar-refractivity contribution in [3.8, 4) is 0 Å². The highest BCUT2D eigenvalue weighted by atomic mass is 35.5. The number of nitrogens with one attached hydrogen (secondary N) is 1. The zero-order valence-corrected chi connectivity index (χ0v) is 10.8. The van der Waals surface area contributed by atoms with Crippen LogP contribution in [0.25, 0.3) is 0 Å². The Kier molecular flexibility index (Phi) is 6.36. The van der Waals surface area contributed by atoms with Crippen LogP contribution in [0.5, 0.6) is 0 Å². The predicted molar refractivity (Wildman–Crippen MR) is 67.9 cm³/mol. The molecular formula is C13H16ClFN3-. The van der Waals surface area contributed by atoms with Gasteiger partial charge in [-0.15, -0.1) is 0 Å². The molecule has 1 heterocycles. The fourth-order valence-corrected chi connectivity index (χ4v) is 1.70. The van der Waals surface area contributed by atoms with E-state index in [4.69, 9.17) is 0 Å². The van der Waals surface area contributed by atoms with Crippen LogP contribution < -0.4 is 17.8 Å². The summed E-state index contributed by atoms with van der Waals surface area (Å²) >= 11 is 0. The molecule has 0 saturated carbocycles. The van der Waals surface area contributed by atoms with Crippen molar-refractivity contribution >= 4 is 12.1 Å². The first-order valence-corrected chi connectivity index (χ1v) is 5.92. The summed E-state index contributed by atoms with van der Waals surface area (Å²) < 4.78 is 12.7. The molecule has 3 nitrogen and oxygen atoms in total. The van der Waals surface area contributed by atoms with E-state index in [1.54, 1.807) is 18.3 Å². The fourth-order valence-electron chi connectivity index (χ4n) is 1.70. The average Bonchev–Trinajstić information content (AvgIpc) is 2.60. The molecule has 1 aromatic carbocycles. The summed E-state index contributed by atoms with van der Waals surface area (Å²) in [5.41, 5.74) is 3.82. The van der Waals surface area contributed by atoms with Gasteiger partial charge in [-0.25, -0.2) is 4.39 Å². The van der Waals surface area contributed by atoms with E-state index in [2.05, 4.69) is 15.5 Å². The fraction of sp³-hybridized carbons (Fsp3) is 0.385. The normalized spacial score (nSPS) is 15.7. The zero-order valence-electron chi connectivity index (χ0n) is 10.1. The number of hydrazone groups is 1. The van der Waals surface area contributed by atoms with Crippen LogP contribution in [-0.4, -0.2) is 18.6 Å². The third kappa shape index (κ3) is 4.84. The number of nitrogens with zero attached hydrogens (tertiary/aromatic N) is 2. The second-order valence-electron chi connectivity index (χ2n) is 4.06. The van der Waals surface area contributed by atoms with Crippen molar-refractivity contribution in [3.05, 3.63) is 35.6 Å². The Bertz CT molecular complexity index is 415. The van der Waals surface area contributed by atoms with E-state index in [0.717, 1.165) is 37.2 Å². The lowest BCUT2D eigenvalue weighted by molar-refractivity contribution is -0.00000419. The minimum Gasteiger partial charge on any atom is -1.00 e. The molecule has 1 aliphatic heterocycles. The molecule has 0 unspecified atom stereocenters. The molecule has 0 atom stereocenters.